The van der Waals surface area contributed by atoms with Gasteiger partial charge in [-0.1, -0.05) is 34.1 Å². The first-order chi connectivity index (χ1) is 9.13. The van der Waals surface area contributed by atoms with Gasteiger partial charge in [-0.15, -0.1) is 0 Å². The van der Waals surface area contributed by atoms with Crippen molar-refractivity contribution < 1.29 is 9.22 Å². The van der Waals surface area contributed by atoms with E-state index in [9.17, 15) is 4.79 Å². The highest BCUT2D eigenvalue weighted by molar-refractivity contribution is 6.74. The summed E-state index contributed by atoms with van der Waals surface area (Å²) < 4.78 is 6.18. The Labute approximate surface area is 126 Å². The molecule has 2 nitrogen and oxygen atoms in total. The highest BCUT2D eigenvalue weighted by Gasteiger charge is 2.36. The first-order valence-corrected chi connectivity index (χ1v) is 11.2. The van der Waals surface area contributed by atoms with Crippen LogP contribution in [0, 0.1) is 11.8 Å². The van der Waals surface area contributed by atoms with Crippen molar-refractivity contribution >= 4 is 14.1 Å². The topological polar surface area (TPSA) is 26.3 Å². The summed E-state index contributed by atoms with van der Waals surface area (Å²) >= 11 is 0. The van der Waals surface area contributed by atoms with Crippen molar-refractivity contribution in [3.05, 3.63) is 0 Å². The molecule has 2 atom stereocenters. The predicted octanol–water partition coefficient (Wildman–Crippen LogP) is 5.18. The zero-order valence-corrected chi connectivity index (χ0v) is 15.4. The highest BCUT2D eigenvalue weighted by Crippen LogP contribution is 2.36. The quantitative estimate of drug-likeness (QED) is 0.498. The molecule has 0 aromatic carbocycles. The lowest BCUT2D eigenvalue weighted by atomic mass is 9.80. The molecule has 118 valence electrons. The molecule has 1 aliphatic carbocycles. The minimum absolute atomic E-state index is 0.294. The van der Waals surface area contributed by atoms with Crippen LogP contribution in [0.3, 0.4) is 0 Å². The number of ketones is 1. The van der Waals surface area contributed by atoms with Crippen LogP contribution in [0.2, 0.25) is 18.1 Å². The summed E-state index contributed by atoms with van der Waals surface area (Å²) in [4.78, 5) is 11.9. The molecule has 20 heavy (non-hydrogen) atoms. The van der Waals surface area contributed by atoms with Crippen molar-refractivity contribution in [1.82, 2.24) is 0 Å². The molecule has 0 bridgehead atoms. The van der Waals surface area contributed by atoms with Crippen molar-refractivity contribution in [3.8, 4) is 0 Å². The van der Waals surface area contributed by atoms with E-state index in [-0.39, 0.29) is 0 Å². The van der Waals surface area contributed by atoms with Crippen molar-refractivity contribution in [1.29, 1.82) is 0 Å². The Kier molecular flexibility index (Phi) is 6.46. The predicted molar refractivity (Wildman–Crippen MR) is 88.5 cm³/mol. The fourth-order valence-corrected chi connectivity index (χ4v) is 3.69. The van der Waals surface area contributed by atoms with Crippen LogP contribution in [0.25, 0.3) is 0 Å². The Morgan fingerprint density at radius 3 is 2.40 bits per heavy atom. The van der Waals surface area contributed by atoms with Gasteiger partial charge in [0.2, 0.25) is 0 Å². The van der Waals surface area contributed by atoms with Crippen LogP contribution in [0.15, 0.2) is 0 Å². The van der Waals surface area contributed by atoms with Crippen molar-refractivity contribution in [3.63, 3.8) is 0 Å². The van der Waals surface area contributed by atoms with Gasteiger partial charge in [0.05, 0.1) is 0 Å². The largest absolute Gasteiger partial charge is 0.417 e. The molecule has 1 aliphatic rings. The molecule has 1 saturated carbocycles. The molecular weight excluding hydrogens is 264 g/mol. The number of hydrogen-bond acceptors (Lipinski definition) is 2. The van der Waals surface area contributed by atoms with E-state index in [1.165, 1.54) is 6.42 Å². The molecule has 0 amide bonds. The second-order valence-electron chi connectivity index (χ2n) is 8.15. The van der Waals surface area contributed by atoms with Crippen LogP contribution in [0.1, 0.15) is 66.2 Å². The monoisotopic (exact) mass is 298 g/mol. The second kappa shape index (κ2) is 7.21. The summed E-state index contributed by atoms with van der Waals surface area (Å²) in [6, 6.07) is 0. The number of carbonyl (C=O) groups is 1. The van der Waals surface area contributed by atoms with E-state index in [2.05, 4.69) is 40.8 Å². The minimum Gasteiger partial charge on any atom is -0.417 e. The Bertz CT molecular complexity index is 317. The molecule has 1 fully saturated rings. The standard InChI is InChI=1S/C17H34O2Si/c1-14-10-11-15(16(18)13-14)9-7-8-12-19-20(5,6)17(2,3)4/h14-15H,7-13H2,1-6H3/t14-,15-/m0/s1. The zero-order chi connectivity index (χ0) is 15.4. The summed E-state index contributed by atoms with van der Waals surface area (Å²) in [6.07, 6.45) is 6.47. The van der Waals surface area contributed by atoms with E-state index in [1.807, 2.05) is 0 Å². The molecule has 0 aliphatic heterocycles. The van der Waals surface area contributed by atoms with Gasteiger partial charge in [-0.25, -0.2) is 0 Å². The number of hydrogen-bond donors (Lipinski definition) is 0. The average Bonchev–Trinajstić information content (AvgIpc) is 2.29. The van der Waals surface area contributed by atoms with Gasteiger partial charge < -0.3 is 4.43 Å². The maximum atomic E-state index is 11.9. The Morgan fingerprint density at radius 2 is 1.85 bits per heavy atom. The van der Waals surface area contributed by atoms with Gasteiger partial charge in [-0.3, -0.25) is 4.79 Å². The molecule has 1 rings (SSSR count). The number of rotatable bonds is 6. The Hall–Kier alpha value is -0.153. The lowest BCUT2D eigenvalue weighted by molar-refractivity contribution is -0.126. The first kappa shape index (κ1) is 17.9. The van der Waals surface area contributed by atoms with E-state index in [1.54, 1.807) is 0 Å². The highest BCUT2D eigenvalue weighted by atomic mass is 28.4. The van der Waals surface area contributed by atoms with Crippen LogP contribution in [0.5, 0.6) is 0 Å². The molecule has 3 heteroatoms. The summed E-state index contributed by atoms with van der Waals surface area (Å²) in [5, 5.41) is 0.294. The summed E-state index contributed by atoms with van der Waals surface area (Å²) in [6.45, 7) is 14.5. The molecular formula is C17H34O2Si. The lowest BCUT2D eigenvalue weighted by Crippen LogP contribution is -2.40. The minimum atomic E-state index is -1.58. The normalized spacial score (nSPS) is 25.0. The third kappa shape index (κ3) is 5.32. The van der Waals surface area contributed by atoms with E-state index in [4.69, 9.17) is 4.43 Å². The van der Waals surface area contributed by atoms with E-state index in [0.29, 0.717) is 22.7 Å². The van der Waals surface area contributed by atoms with Crippen LogP contribution in [0.4, 0.5) is 0 Å². The van der Waals surface area contributed by atoms with Crippen molar-refractivity contribution in [2.24, 2.45) is 11.8 Å². The third-order valence-corrected chi connectivity index (χ3v) is 9.77. The van der Waals surface area contributed by atoms with Gasteiger partial charge in [0, 0.05) is 18.9 Å². The van der Waals surface area contributed by atoms with Gasteiger partial charge in [0.1, 0.15) is 5.78 Å². The lowest BCUT2D eigenvalue weighted by Gasteiger charge is -2.36. The maximum absolute atomic E-state index is 11.9. The average molecular weight is 299 g/mol. The second-order valence-corrected chi connectivity index (χ2v) is 13.0. The van der Waals surface area contributed by atoms with Gasteiger partial charge in [0.15, 0.2) is 8.32 Å². The zero-order valence-electron chi connectivity index (χ0n) is 14.4. The number of carbonyl (C=O) groups excluding carboxylic acids is 1. The van der Waals surface area contributed by atoms with Crippen LogP contribution < -0.4 is 0 Å². The molecule has 0 N–H and O–H groups in total. The molecule has 0 aromatic rings. The Balaban J connectivity index is 2.18. The molecule has 0 radical (unpaired) electrons. The summed E-state index contributed by atoms with van der Waals surface area (Å²) in [5.41, 5.74) is 0. The van der Waals surface area contributed by atoms with E-state index >= 15 is 0 Å². The fourth-order valence-electron chi connectivity index (χ4n) is 2.60. The van der Waals surface area contributed by atoms with E-state index in [0.717, 1.165) is 38.7 Å². The maximum Gasteiger partial charge on any atom is 0.191 e. The summed E-state index contributed by atoms with van der Waals surface area (Å²) in [7, 11) is -1.58. The molecule has 0 heterocycles. The molecule has 0 saturated heterocycles. The van der Waals surface area contributed by atoms with Gasteiger partial charge in [-0.05, 0) is 49.7 Å². The van der Waals surface area contributed by atoms with Crippen LogP contribution in [-0.4, -0.2) is 20.7 Å². The van der Waals surface area contributed by atoms with Crippen LogP contribution >= 0.6 is 0 Å². The van der Waals surface area contributed by atoms with E-state index < -0.39 is 8.32 Å². The van der Waals surface area contributed by atoms with Gasteiger partial charge in [-0.2, -0.15) is 0 Å². The van der Waals surface area contributed by atoms with Crippen molar-refractivity contribution in [2.75, 3.05) is 6.61 Å². The third-order valence-electron chi connectivity index (χ3n) is 5.23. The number of unbranched alkanes of at least 4 members (excludes halogenated alkanes) is 1. The Morgan fingerprint density at radius 1 is 1.20 bits per heavy atom. The molecule has 0 spiro atoms. The van der Waals surface area contributed by atoms with Gasteiger partial charge >= 0.3 is 0 Å². The fraction of sp³-hybridized carbons (Fsp3) is 0.941. The smallest absolute Gasteiger partial charge is 0.191 e. The van der Waals surface area contributed by atoms with Crippen LogP contribution in [-0.2, 0) is 9.22 Å². The first-order valence-electron chi connectivity index (χ1n) is 8.30. The SMILES string of the molecule is C[C@H]1CC[C@H](CCCCO[Si](C)(C)C(C)(C)C)C(=O)C1. The van der Waals surface area contributed by atoms with Gasteiger partial charge in [0.25, 0.3) is 0 Å². The van der Waals surface area contributed by atoms with Crippen molar-refractivity contribution in [2.45, 2.75) is 84.4 Å². The molecule has 0 aromatic heterocycles. The summed E-state index contributed by atoms with van der Waals surface area (Å²) in [5.74, 6) is 1.47. The number of Topliss-reactive ketones (excluding diaryl/α,β-unsaturated/α-hetero) is 1. The molecule has 0 unspecified atom stereocenters.